The SMILES string of the molecule is Cc1c(C)c2c(c(C)c1OCc1ccccc1)CCC(C)(CN1CCCC1COc1cccc(C=C3SC(=N)NC3=O)c1)O2. The summed E-state index contributed by atoms with van der Waals surface area (Å²) in [5.41, 5.74) is 6.55. The highest BCUT2D eigenvalue weighted by Gasteiger charge is 2.39. The molecule has 2 N–H and O–H groups in total. The maximum absolute atomic E-state index is 12.0. The Labute approximate surface area is 264 Å². The predicted octanol–water partition coefficient (Wildman–Crippen LogP) is 6.96. The molecule has 0 radical (unpaired) electrons. The molecule has 0 aliphatic carbocycles. The number of amides is 1. The van der Waals surface area contributed by atoms with Crippen molar-refractivity contribution in [1.82, 2.24) is 10.2 Å². The topological polar surface area (TPSA) is 83.9 Å². The van der Waals surface area contributed by atoms with Gasteiger partial charge in [0.05, 0.1) is 4.91 Å². The highest BCUT2D eigenvalue weighted by molar-refractivity contribution is 8.18. The fraction of sp³-hybridized carbons (Fsp3) is 0.389. The Morgan fingerprint density at radius 1 is 1.09 bits per heavy atom. The summed E-state index contributed by atoms with van der Waals surface area (Å²) < 4.78 is 19.6. The van der Waals surface area contributed by atoms with Crippen LogP contribution in [0.5, 0.6) is 17.2 Å². The van der Waals surface area contributed by atoms with Gasteiger partial charge in [0.2, 0.25) is 0 Å². The maximum atomic E-state index is 12.0. The van der Waals surface area contributed by atoms with Crippen molar-refractivity contribution in [3.05, 3.63) is 92.9 Å². The molecule has 0 bridgehead atoms. The first-order valence-corrected chi connectivity index (χ1v) is 16.3. The molecule has 8 heteroatoms. The van der Waals surface area contributed by atoms with Crippen LogP contribution in [0, 0.1) is 26.2 Å². The Hall–Kier alpha value is -3.75. The van der Waals surface area contributed by atoms with Crippen molar-refractivity contribution in [1.29, 1.82) is 5.41 Å². The zero-order valence-corrected chi connectivity index (χ0v) is 26.8. The third-order valence-corrected chi connectivity index (χ3v) is 9.92. The summed E-state index contributed by atoms with van der Waals surface area (Å²) in [6.07, 6.45) is 5.96. The lowest BCUT2D eigenvalue weighted by Crippen LogP contribution is -2.50. The molecule has 0 saturated carbocycles. The molecular formula is C36H41N3O4S. The molecule has 0 aromatic heterocycles. The van der Waals surface area contributed by atoms with E-state index >= 15 is 0 Å². The van der Waals surface area contributed by atoms with Gasteiger partial charge < -0.3 is 19.5 Å². The van der Waals surface area contributed by atoms with Gasteiger partial charge in [-0.05, 0) is 118 Å². The van der Waals surface area contributed by atoms with Crippen LogP contribution >= 0.6 is 11.8 Å². The van der Waals surface area contributed by atoms with Crippen LogP contribution in [0.3, 0.4) is 0 Å². The van der Waals surface area contributed by atoms with Crippen LogP contribution in [0.25, 0.3) is 6.08 Å². The lowest BCUT2D eigenvalue weighted by atomic mass is 9.86. The van der Waals surface area contributed by atoms with Crippen LogP contribution in [0.2, 0.25) is 0 Å². The number of nitrogens with zero attached hydrogens (tertiary/aromatic N) is 1. The number of carbonyl (C=O) groups excluding carboxylic acids is 1. The molecule has 2 atom stereocenters. The first-order chi connectivity index (χ1) is 21.2. The van der Waals surface area contributed by atoms with Crippen molar-refractivity contribution in [2.24, 2.45) is 0 Å². The minimum absolute atomic E-state index is 0.159. The fourth-order valence-electron chi connectivity index (χ4n) is 6.54. The Morgan fingerprint density at radius 2 is 1.91 bits per heavy atom. The van der Waals surface area contributed by atoms with Crippen molar-refractivity contribution >= 4 is 28.9 Å². The molecular weight excluding hydrogens is 570 g/mol. The van der Waals surface area contributed by atoms with Gasteiger partial charge in [-0.2, -0.15) is 0 Å². The molecule has 3 aromatic rings. The third kappa shape index (κ3) is 6.52. The molecule has 2 saturated heterocycles. The van der Waals surface area contributed by atoms with Gasteiger partial charge in [-0.15, -0.1) is 0 Å². The number of likely N-dealkylation sites (tertiary alicyclic amines) is 1. The average molecular weight is 612 g/mol. The predicted molar refractivity (Wildman–Crippen MR) is 177 cm³/mol. The van der Waals surface area contributed by atoms with Crippen molar-refractivity contribution in [3.63, 3.8) is 0 Å². The van der Waals surface area contributed by atoms with E-state index in [1.54, 1.807) is 6.08 Å². The Bertz CT molecular complexity index is 1600. The number of hydrogen-bond acceptors (Lipinski definition) is 7. The highest BCUT2D eigenvalue weighted by Crippen LogP contribution is 2.44. The number of amidine groups is 1. The number of benzene rings is 3. The Morgan fingerprint density at radius 3 is 2.68 bits per heavy atom. The van der Waals surface area contributed by atoms with E-state index < -0.39 is 0 Å². The fourth-order valence-corrected chi connectivity index (χ4v) is 7.24. The monoisotopic (exact) mass is 611 g/mol. The second-order valence-corrected chi connectivity index (χ2v) is 13.4. The first kappa shape index (κ1) is 30.3. The number of rotatable bonds is 9. The second kappa shape index (κ2) is 12.7. The van der Waals surface area contributed by atoms with Gasteiger partial charge in [0, 0.05) is 18.2 Å². The molecule has 3 aromatic carbocycles. The van der Waals surface area contributed by atoms with E-state index in [0.29, 0.717) is 24.2 Å². The smallest absolute Gasteiger partial charge is 0.264 e. The summed E-state index contributed by atoms with van der Waals surface area (Å²) in [7, 11) is 0. The number of nitrogens with one attached hydrogen (secondary N) is 2. The Kier molecular flexibility index (Phi) is 8.74. The number of carbonyl (C=O) groups is 1. The zero-order chi connectivity index (χ0) is 30.8. The summed E-state index contributed by atoms with van der Waals surface area (Å²) in [4.78, 5) is 15.1. The van der Waals surface area contributed by atoms with Gasteiger partial charge >= 0.3 is 0 Å². The first-order valence-electron chi connectivity index (χ1n) is 15.4. The molecule has 6 rings (SSSR count). The molecule has 3 aliphatic heterocycles. The molecule has 230 valence electrons. The van der Waals surface area contributed by atoms with Crippen LogP contribution < -0.4 is 19.5 Å². The minimum Gasteiger partial charge on any atom is -0.492 e. The van der Waals surface area contributed by atoms with Crippen LogP contribution in [0.4, 0.5) is 0 Å². The van der Waals surface area contributed by atoms with Gasteiger partial charge in [-0.25, -0.2) is 0 Å². The van der Waals surface area contributed by atoms with Crippen molar-refractivity contribution in [2.45, 2.75) is 71.6 Å². The van der Waals surface area contributed by atoms with Gasteiger partial charge in [-0.1, -0.05) is 42.5 Å². The number of ether oxygens (including phenoxy) is 3. The van der Waals surface area contributed by atoms with E-state index in [1.165, 1.54) is 22.3 Å². The van der Waals surface area contributed by atoms with Crippen LogP contribution in [-0.2, 0) is 17.8 Å². The lowest BCUT2D eigenvalue weighted by molar-refractivity contribution is -0.115. The van der Waals surface area contributed by atoms with E-state index in [4.69, 9.17) is 19.6 Å². The van der Waals surface area contributed by atoms with E-state index in [-0.39, 0.29) is 16.7 Å². The molecule has 3 aliphatic rings. The van der Waals surface area contributed by atoms with Gasteiger partial charge in [-0.3, -0.25) is 15.1 Å². The molecule has 3 heterocycles. The quantitative estimate of drug-likeness (QED) is 0.255. The summed E-state index contributed by atoms with van der Waals surface area (Å²) >= 11 is 1.14. The van der Waals surface area contributed by atoms with E-state index in [0.717, 1.165) is 78.9 Å². The number of thioether (sulfide) groups is 1. The van der Waals surface area contributed by atoms with Crippen LogP contribution in [0.15, 0.2) is 59.5 Å². The summed E-state index contributed by atoms with van der Waals surface area (Å²) in [6.45, 7) is 11.8. The van der Waals surface area contributed by atoms with Crippen LogP contribution in [0.1, 0.15) is 59.6 Å². The third-order valence-electron chi connectivity index (χ3n) is 9.09. The van der Waals surface area contributed by atoms with Gasteiger partial charge in [0.25, 0.3) is 5.91 Å². The molecule has 2 fully saturated rings. The van der Waals surface area contributed by atoms with E-state index in [2.05, 4.69) is 50.0 Å². The van der Waals surface area contributed by atoms with Gasteiger partial charge in [0.15, 0.2) is 5.17 Å². The van der Waals surface area contributed by atoms with E-state index in [1.807, 2.05) is 42.5 Å². The average Bonchev–Trinajstić information content (AvgIpc) is 3.58. The molecule has 2 unspecified atom stereocenters. The summed E-state index contributed by atoms with van der Waals surface area (Å²) in [5.74, 6) is 2.57. The number of hydrogen-bond donors (Lipinski definition) is 2. The van der Waals surface area contributed by atoms with Crippen LogP contribution in [-0.4, -0.2) is 47.3 Å². The Balaban J connectivity index is 1.10. The maximum Gasteiger partial charge on any atom is 0.264 e. The largest absolute Gasteiger partial charge is 0.492 e. The van der Waals surface area contributed by atoms with Crippen molar-refractivity contribution < 1.29 is 19.0 Å². The minimum atomic E-state index is -0.287. The number of fused-ring (bicyclic) bond motifs is 1. The summed E-state index contributed by atoms with van der Waals surface area (Å²) in [5, 5.41) is 10.3. The van der Waals surface area contributed by atoms with Crippen molar-refractivity contribution in [3.8, 4) is 17.2 Å². The standard InChI is InChI=1S/C36H41N3O4S/c1-23-24(2)33-30(25(3)32(23)42-20-26-10-6-5-7-11-26)15-16-36(4,43-33)22-39-17-9-13-28(39)21-41-29-14-8-12-27(18-29)19-31-34(40)38-35(37)44-31/h5-8,10-12,14,18-19,28H,9,13,15-17,20-22H2,1-4H3,(H2,37,38,40). The van der Waals surface area contributed by atoms with Gasteiger partial charge in [0.1, 0.15) is 36.1 Å². The van der Waals surface area contributed by atoms with E-state index in [9.17, 15) is 4.79 Å². The zero-order valence-electron chi connectivity index (χ0n) is 26.0. The molecule has 44 heavy (non-hydrogen) atoms. The normalized spacial score (nSPS) is 22.5. The highest BCUT2D eigenvalue weighted by atomic mass is 32.2. The summed E-state index contributed by atoms with van der Waals surface area (Å²) in [6, 6.07) is 18.4. The molecule has 1 amide bonds. The molecule has 7 nitrogen and oxygen atoms in total. The lowest BCUT2D eigenvalue weighted by Gasteiger charge is -2.41. The molecule has 0 spiro atoms. The van der Waals surface area contributed by atoms with Crippen molar-refractivity contribution in [2.75, 3.05) is 19.7 Å². The second-order valence-electron chi connectivity index (χ2n) is 12.4.